The maximum atomic E-state index is 11.5. The lowest BCUT2D eigenvalue weighted by molar-refractivity contribution is -0.384. The summed E-state index contributed by atoms with van der Waals surface area (Å²) in [6, 6.07) is 4.80. The molecule has 0 amide bonds. The van der Waals surface area contributed by atoms with Crippen molar-refractivity contribution in [3.8, 4) is 0 Å². The van der Waals surface area contributed by atoms with E-state index in [-0.39, 0.29) is 23.2 Å². The van der Waals surface area contributed by atoms with E-state index in [2.05, 4.69) is 15.9 Å². The molecule has 6 nitrogen and oxygen atoms in total. The summed E-state index contributed by atoms with van der Waals surface area (Å²) in [7, 11) is -1.30. The van der Waals surface area contributed by atoms with Crippen molar-refractivity contribution in [2.24, 2.45) is 0 Å². The predicted octanol–water partition coefficient (Wildman–Crippen LogP) is 2.11. The van der Waals surface area contributed by atoms with Gasteiger partial charge in [0.25, 0.3) is 5.69 Å². The van der Waals surface area contributed by atoms with Gasteiger partial charge in [-0.25, -0.2) is 8.42 Å². The smallest absolute Gasteiger partial charge is 0.292 e. The summed E-state index contributed by atoms with van der Waals surface area (Å²) in [5.74, 6) is 0.205. The molecule has 1 atom stereocenters. The van der Waals surface area contributed by atoms with Crippen molar-refractivity contribution >= 4 is 37.1 Å². The molecule has 1 aliphatic rings. The van der Waals surface area contributed by atoms with Crippen molar-refractivity contribution in [1.29, 1.82) is 0 Å². The highest BCUT2D eigenvalue weighted by atomic mass is 79.9. The van der Waals surface area contributed by atoms with Gasteiger partial charge in [-0.3, -0.25) is 10.1 Å². The Morgan fingerprint density at radius 2 is 2.20 bits per heavy atom. The fourth-order valence-corrected chi connectivity index (χ4v) is 4.50. The Hall–Kier alpha value is -1.15. The summed E-state index contributed by atoms with van der Waals surface area (Å²) >= 11 is 3.27. The van der Waals surface area contributed by atoms with Crippen LogP contribution in [0.25, 0.3) is 0 Å². The molecule has 1 heterocycles. The number of anilines is 1. The Morgan fingerprint density at radius 3 is 2.70 bits per heavy atom. The second kappa shape index (κ2) is 5.69. The van der Waals surface area contributed by atoms with Gasteiger partial charge in [0, 0.05) is 24.5 Å². The molecule has 1 aliphatic heterocycles. The van der Waals surface area contributed by atoms with Gasteiger partial charge in [0.05, 0.1) is 16.4 Å². The third-order valence-corrected chi connectivity index (χ3v) is 5.92. The van der Waals surface area contributed by atoms with Crippen LogP contribution in [0, 0.1) is 10.1 Å². The lowest BCUT2D eigenvalue weighted by atomic mass is 10.1. The van der Waals surface area contributed by atoms with Crippen molar-refractivity contribution in [2.75, 3.05) is 23.5 Å². The van der Waals surface area contributed by atoms with E-state index in [9.17, 15) is 18.5 Å². The van der Waals surface area contributed by atoms with E-state index in [1.54, 1.807) is 24.1 Å². The zero-order valence-electron chi connectivity index (χ0n) is 11.0. The average molecular weight is 363 g/mol. The van der Waals surface area contributed by atoms with Crippen molar-refractivity contribution in [3.05, 3.63) is 33.9 Å². The van der Waals surface area contributed by atoms with E-state index < -0.39 is 14.8 Å². The van der Waals surface area contributed by atoms with Crippen LogP contribution in [-0.2, 0) is 15.2 Å². The van der Waals surface area contributed by atoms with Gasteiger partial charge >= 0.3 is 0 Å². The molecule has 0 N–H and O–H groups in total. The number of benzene rings is 1. The topological polar surface area (TPSA) is 80.5 Å². The van der Waals surface area contributed by atoms with E-state index in [1.807, 2.05) is 0 Å². The average Bonchev–Trinajstić information content (AvgIpc) is 2.77. The number of hydrogen-bond donors (Lipinski definition) is 0. The molecule has 1 unspecified atom stereocenters. The molecule has 2 rings (SSSR count). The quantitative estimate of drug-likeness (QED) is 0.465. The van der Waals surface area contributed by atoms with Gasteiger partial charge in [-0.05, 0) is 18.1 Å². The highest BCUT2D eigenvalue weighted by molar-refractivity contribution is 9.08. The summed E-state index contributed by atoms with van der Waals surface area (Å²) in [5.41, 5.74) is 1.28. The molecule has 0 aliphatic carbocycles. The molecular weight excluding hydrogens is 348 g/mol. The van der Waals surface area contributed by atoms with Gasteiger partial charge in [-0.2, -0.15) is 0 Å². The number of sulfone groups is 1. The van der Waals surface area contributed by atoms with Crippen LogP contribution >= 0.6 is 15.9 Å². The van der Waals surface area contributed by atoms with E-state index in [0.29, 0.717) is 17.4 Å². The SMILES string of the molecule is CN(c1ccc(CBr)cc1[N+](=O)[O-])C1CCS(=O)(=O)C1. The van der Waals surface area contributed by atoms with Crippen LogP contribution in [-0.4, -0.2) is 37.9 Å². The van der Waals surface area contributed by atoms with Gasteiger partial charge in [-0.15, -0.1) is 0 Å². The number of nitro benzene ring substituents is 1. The van der Waals surface area contributed by atoms with E-state index in [4.69, 9.17) is 0 Å². The maximum Gasteiger partial charge on any atom is 0.292 e. The van der Waals surface area contributed by atoms with E-state index in [0.717, 1.165) is 5.56 Å². The molecule has 20 heavy (non-hydrogen) atoms. The van der Waals surface area contributed by atoms with Gasteiger partial charge in [0.2, 0.25) is 0 Å². The largest absolute Gasteiger partial charge is 0.365 e. The number of halogens is 1. The molecular formula is C12H15BrN2O4S. The first-order valence-electron chi connectivity index (χ1n) is 6.10. The van der Waals surface area contributed by atoms with Crippen LogP contribution in [0.3, 0.4) is 0 Å². The summed E-state index contributed by atoms with van der Waals surface area (Å²) in [6.07, 6.45) is 0.510. The Labute approximate surface area is 126 Å². The van der Waals surface area contributed by atoms with Crippen molar-refractivity contribution in [3.63, 3.8) is 0 Å². The maximum absolute atomic E-state index is 11.5. The second-order valence-electron chi connectivity index (χ2n) is 4.88. The van der Waals surface area contributed by atoms with Crippen LogP contribution in [0.2, 0.25) is 0 Å². The van der Waals surface area contributed by atoms with Crippen LogP contribution < -0.4 is 4.90 Å². The van der Waals surface area contributed by atoms with Gasteiger partial charge in [-0.1, -0.05) is 22.0 Å². The predicted molar refractivity (Wildman–Crippen MR) is 81.2 cm³/mol. The Balaban J connectivity index is 2.34. The summed E-state index contributed by atoms with van der Waals surface area (Å²) in [4.78, 5) is 12.5. The third kappa shape index (κ3) is 3.12. The molecule has 0 aromatic heterocycles. The molecule has 1 saturated heterocycles. The zero-order valence-corrected chi connectivity index (χ0v) is 13.4. The summed E-state index contributed by atoms with van der Waals surface area (Å²) in [6.45, 7) is 0. The molecule has 1 aromatic carbocycles. The standard InChI is InChI=1S/C12H15BrN2O4S/c1-14(10-4-5-20(18,19)8-10)11-3-2-9(7-13)6-12(11)15(16)17/h2-3,6,10H,4-5,7-8H2,1H3. The van der Waals surface area contributed by atoms with Crippen LogP contribution in [0.1, 0.15) is 12.0 Å². The van der Waals surface area contributed by atoms with Crippen molar-refractivity contribution in [1.82, 2.24) is 0 Å². The third-order valence-electron chi connectivity index (χ3n) is 3.53. The van der Waals surface area contributed by atoms with Gasteiger partial charge in [0.1, 0.15) is 5.69 Å². The first kappa shape index (κ1) is 15.2. The molecule has 1 aromatic rings. The van der Waals surface area contributed by atoms with Crippen LogP contribution in [0.5, 0.6) is 0 Å². The minimum Gasteiger partial charge on any atom is -0.365 e. The fraction of sp³-hybridized carbons (Fsp3) is 0.500. The highest BCUT2D eigenvalue weighted by Crippen LogP contribution is 2.32. The Kier molecular flexibility index (Phi) is 4.33. The Morgan fingerprint density at radius 1 is 1.50 bits per heavy atom. The van der Waals surface area contributed by atoms with Gasteiger partial charge < -0.3 is 4.90 Å². The zero-order chi connectivity index (χ0) is 14.9. The minimum absolute atomic E-state index is 0.00810. The first-order chi connectivity index (χ1) is 9.34. The van der Waals surface area contributed by atoms with Gasteiger partial charge in [0.15, 0.2) is 9.84 Å². The van der Waals surface area contributed by atoms with Crippen molar-refractivity contribution < 1.29 is 13.3 Å². The van der Waals surface area contributed by atoms with Crippen LogP contribution in [0.4, 0.5) is 11.4 Å². The molecule has 0 spiro atoms. The molecule has 1 fully saturated rings. The molecule has 0 bridgehead atoms. The number of nitro groups is 1. The number of nitrogens with zero attached hydrogens (tertiary/aromatic N) is 2. The lowest BCUT2D eigenvalue weighted by Gasteiger charge is -2.25. The molecule has 110 valence electrons. The molecule has 0 saturated carbocycles. The lowest BCUT2D eigenvalue weighted by Crippen LogP contribution is -2.33. The monoisotopic (exact) mass is 362 g/mol. The number of alkyl halides is 1. The van der Waals surface area contributed by atoms with Crippen LogP contribution in [0.15, 0.2) is 18.2 Å². The minimum atomic E-state index is -3.01. The van der Waals surface area contributed by atoms with E-state index in [1.165, 1.54) is 6.07 Å². The number of rotatable bonds is 4. The second-order valence-corrected chi connectivity index (χ2v) is 7.67. The summed E-state index contributed by atoms with van der Waals surface area (Å²) in [5, 5.41) is 11.7. The summed E-state index contributed by atoms with van der Waals surface area (Å²) < 4.78 is 23.1. The fourth-order valence-electron chi connectivity index (χ4n) is 2.37. The normalized spacial score (nSPS) is 20.8. The van der Waals surface area contributed by atoms with Crippen molar-refractivity contribution in [2.45, 2.75) is 17.8 Å². The van der Waals surface area contributed by atoms with E-state index >= 15 is 0 Å². The number of hydrogen-bond acceptors (Lipinski definition) is 5. The Bertz CT molecular complexity index is 632. The highest BCUT2D eigenvalue weighted by Gasteiger charge is 2.33. The first-order valence-corrected chi connectivity index (χ1v) is 9.05. The molecule has 8 heteroatoms. The molecule has 0 radical (unpaired) electrons.